The van der Waals surface area contributed by atoms with Gasteiger partial charge in [-0.1, -0.05) is 25.3 Å². The van der Waals surface area contributed by atoms with E-state index in [2.05, 4.69) is 23.6 Å². The first kappa shape index (κ1) is 14.7. The number of imidazole rings is 1. The SMILES string of the molecule is CCOc1cccc2c1nc(CCl)n2C1(C)CCCCC1. The van der Waals surface area contributed by atoms with E-state index >= 15 is 0 Å². The molecular formula is C17H23ClN2O. The standard InChI is InChI=1S/C17H23ClN2O/c1-3-21-14-9-7-8-13-16(14)19-15(12-18)20(13)17(2)10-5-4-6-11-17/h7-9H,3-6,10-12H2,1-2H3. The fourth-order valence-electron chi connectivity index (χ4n) is 3.62. The van der Waals surface area contributed by atoms with Crippen LogP contribution in [0.2, 0.25) is 0 Å². The van der Waals surface area contributed by atoms with Crippen molar-refractivity contribution in [1.82, 2.24) is 9.55 Å². The molecule has 21 heavy (non-hydrogen) atoms. The third-order valence-corrected chi connectivity index (χ3v) is 4.85. The Morgan fingerprint density at radius 1 is 1.29 bits per heavy atom. The van der Waals surface area contributed by atoms with Crippen molar-refractivity contribution in [2.75, 3.05) is 6.61 Å². The smallest absolute Gasteiger partial charge is 0.147 e. The molecule has 1 aromatic carbocycles. The highest BCUT2D eigenvalue weighted by molar-refractivity contribution is 6.16. The maximum Gasteiger partial charge on any atom is 0.147 e. The lowest BCUT2D eigenvalue weighted by Gasteiger charge is -2.36. The van der Waals surface area contributed by atoms with Gasteiger partial charge in [0.2, 0.25) is 0 Å². The molecule has 0 saturated heterocycles. The Bertz CT molecular complexity index is 629. The van der Waals surface area contributed by atoms with Gasteiger partial charge in [-0.25, -0.2) is 4.98 Å². The van der Waals surface area contributed by atoms with Crippen LogP contribution in [0.25, 0.3) is 11.0 Å². The molecule has 3 rings (SSSR count). The van der Waals surface area contributed by atoms with Crippen molar-refractivity contribution in [3.05, 3.63) is 24.0 Å². The van der Waals surface area contributed by atoms with Gasteiger partial charge in [0, 0.05) is 5.54 Å². The van der Waals surface area contributed by atoms with Gasteiger partial charge < -0.3 is 9.30 Å². The zero-order valence-corrected chi connectivity index (χ0v) is 13.6. The Balaban J connectivity index is 2.18. The zero-order valence-electron chi connectivity index (χ0n) is 12.9. The summed E-state index contributed by atoms with van der Waals surface area (Å²) < 4.78 is 8.11. The number of benzene rings is 1. The number of aromatic nitrogens is 2. The first-order valence-corrected chi connectivity index (χ1v) is 8.42. The number of fused-ring (bicyclic) bond motifs is 1. The highest BCUT2D eigenvalue weighted by Gasteiger charge is 2.32. The van der Waals surface area contributed by atoms with Crippen molar-refractivity contribution >= 4 is 22.6 Å². The lowest BCUT2D eigenvalue weighted by molar-refractivity contribution is 0.220. The predicted octanol–water partition coefficient (Wildman–Crippen LogP) is 4.85. The minimum atomic E-state index is 0.127. The molecule has 0 spiro atoms. The number of alkyl halides is 1. The number of para-hydroxylation sites is 1. The summed E-state index contributed by atoms with van der Waals surface area (Å²) in [6, 6.07) is 6.18. The van der Waals surface area contributed by atoms with Gasteiger partial charge in [-0.15, -0.1) is 11.6 Å². The largest absolute Gasteiger partial charge is 0.492 e. The topological polar surface area (TPSA) is 27.1 Å². The number of hydrogen-bond acceptors (Lipinski definition) is 2. The molecule has 0 N–H and O–H groups in total. The molecule has 1 aromatic heterocycles. The summed E-state index contributed by atoms with van der Waals surface area (Å²) >= 11 is 6.19. The molecule has 0 radical (unpaired) electrons. The van der Waals surface area contributed by atoms with Crippen molar-refractivity contribution in [2.45, 2.75) is 57.4 Å². The van der Waals surface area contributed by atoms with E-state index in [-0.39, 0.29) is 5.54 Å². The maximum absolute atomic E-state index is 6.19. The normalized spacial score (nSPS) is 18.0. The van der Waals surface area contributed by atoms with Crippen LogP contribution in [0.3, 0.4) is 0 Å². The van der Waals surface area contributed by atoms with E-state index in [0.29, 0.717) is 12.5 Å². The minimum absolute atomic E-state index is 0.127. The molecule has 0 unspecified atom stereocenters. The first-order chi connectivity index (χ1) is 10.2. The van der Waals surface area contributed by atoms with Gasteiger partial charge in [0.15, 0.2) is 0 Å². The molecule has 1 heterocycles. The molecular weight excluding hydrogens is 284 g/mol. The molecule has 0 amide bonds. The Morgan fingerprint density at radius 3 is 2.71 bits per heavy atom. The van der Waals surface area contributed by atoms with E-state index in [1.54, 1.807) is 0 Å². The Morgan fingerprint density at radius 2 is 2.05 bits per heavy atom. The molecule has 114 valence electrons. The molecule has 1 fully saturated rings. The first-order valence-electron chi connectivity index (χ1n) is 7.89. The highest BCUT2D eigenvalue weighted by atomic mass is 35.5. The Hall–Kier alpha value is -1.22. The highest BCUT2D eigenvalue weighted by Crippen LogP contribution is 2.39. The molecule has 1 aliphatic rings. The van der Waals surface area contributed by atoms with E-state index in [0.717, 1.165) is 22.6 Å². The number of nitrogens with zero attached hydrogens (tertiary/aromatic N) is 2. The van der Waals surface area contributed by atoms with E-state index in [4.69, 9.17) is 21.3 Å². The van der Waals surface area contributed by atoms with E-state index < -0.39 is 0 Å². The fraction of sp³-hybridized carbons (Fsp3) is 0.588. The van der Waals surface area contributed by atoms with Crippen molar-refractivity contribution < 1.29 is 4.74 Å². The Kier molecular flexibility index (Phi) is 4.12. The third kappa shape index (κ3) is 2.52. The van der Waals surface area contributed by atoms with Crippen LogP contribution < -0.4 is 4.74 Å². The van der Waals surface area contributed by atoms with Crippen molar-refractivity contribution in [2.24, 2.45) is 0 Å². The second kappa shape index (κ2) is 5.88. The number of hydrogen-bond donors (Lipinski definition) is 0. The number of ether oxygens (including phenoxy) is 1. The van der Waals surface area contributed by atoms with Crippen LogP contribution in [-0.2, 0) is 11.4 Å². The van der Waals surface area contributed by atoms with Crippen LogP contribution >= 0.6 is 11.6 Å². The minimum Gasteiger partial charge on any atom is -0.492 e. The summed E-state index contributed by atoms with van der Waals surface area (Å²) in [6.07, 6.45) is 6.29. The van der Waals surface area contributed by atoms with Crippen molar-refractivity contribution in [3.8, 4) is 5.75 Å². The second-order valence-electron chi connectivity index (χ2n) is 6.11. The molecule has 0 atom stereocenters. The lowest BCUT2D eigenvalue weighted by Crippen LogP contribution is -2.33. The summed E-state index contributed by atoms with van der Waals surface area (Å²) in [7, 11) is 0. The van der Waals surface area contributed by atoms with Gasteiger partial charge in [-0.3, -0.25) is 0 Å². The summed E-state index contributed by atoms with van der Waals surface area (Å²) in [5.74, 6) is 2.26. The summed E-state index contributed by atoms with van der Waals surface area (Å²) in [6.45, 7) is 5.00. The summed E-state index contributed by atoms with van der Waals surface area (Å²) in [5, 5.41) is 0. The van der Waals surface area contributed by atoms with Crippen LogP contribution in [0.5, 0.6) is 5.75 Å². The summed E-state index contributed by atoms with van der Waals surface area (Å²) in [5.41, 5.74) is 2.23. The molecule has 1 aliphatic carbocycles. The molecule has 3 nitrogen and oxygen atoms in total. The summed E-state index contributed by atoms with van der Waals surface area (Å²) in [4.78, 5) is 4.78. The molecule has 0 bridgehead atoms. The third-order valence-electron chi connectivity index (χ3n) is 4.61. The van der Waals surface area contributed by atoms with Crippen LogP contribution in [0.1, 0.15) is 51.8 Å². The van der Waals surface area contributed by atoms with Gasteiger partial charge in [0.25, 0.3) is 0 Å². The van der Waals surface area contributed by atoms with E-state index in [9.17, 15) is 0 Å². The lowest BCUT2D eigenvalue weighted by atomic mass is 9.83. The van der Waals surface area contributed by atoms with Crippen LogP contribution in [0.4, 0.5) is 0 Å². The van der Waals surface area contributed by atoms with E-state index in [1.165, 1.54) is 32.1 Å². The number of rotatable bonds is 4. The van der Waals surface area contributed by atoms with Crippen molar-refractivity contribution in [3.63, 3.8) is 0 Å². The van der Waals surface area contributed by atoms with Crippen LogP contribution in [0.15, 0.2) is 18.2 Å². The Labute approximate surface area is 131 Å². The quantitative estimate of drug-likeness (QED) is 0.755. The molecule has 1 saturated carbocycles. The molecule has 0 aliphatic heterocycles. The van der Waals surface area contributed by atoms with Gasteiger partial charge in [-0.2, -0.15) is 0 Å². The molecule has 4 heteroatoms. The van der Waals surface area contributed by atoms with Gasteiger partial charge in [0.05, 0.1) is 18.0 Å². The van der Waals surface area contributed by atoms with Crippen LogP contribution in [0, 0.1) is 0 Å². The van der Waals surface area contributed by atoms with Gasteiger partial charge in [0.1, 0.15) is 17.1 Å². The van der Waals surface area contributed by atoms with Crippen LogP contribution in [-0.4, -0.2) is 16.2 Å². The predicted molar refractivity (Wildman–Crippen MR) is 87.2 cm³/mol. The van der Waals surface area contributed by atoms with Gasteiger partial charge in [-0.05, 0) is 38.8 Å². The number of halogens is 1. The van der Waals surface area contributed by atoms with E-state index in [1.807, 2.05) is 13.0 Å². The average Bonchev–Trinajstić information content (AvgIpc) is 2.89. The molecule has 2 aromatic rings. The average molecular weight is 307 g/mol. The second-order valence-corrected chi connectivity index (χ2v) is 6.38. The van der Waals surface area contributed by atoms with Crippen molar-refractivity contribution in [1.29, 1.82) is 0 Å². The fourth-order valence-corrected chi connectivity index (χ4v) is 3.80. The van der Waals surface area contributed by atoms with Gasteiger partial charge >= 0.3 is 0 Å². The monoisotopic (exact) mass is 306 g/mol. The maximum atomic E-state index is 6.19. The zero-order chi connectivity index (χ0) is 14.9.